The van der Waals surface area contributed by atoms with Crippen LogP contribution >= 0.6 is 22.9 Å². The highest BCUT2D eigenvalue weighted by Crippen LogP contribution is 2.31. The van der Waals surface area contributed by atoms with Gasteiger partial charge in [-0.2, -0.15) is 0 Å². The molecule has 1 amide bonds. The fourth-order valence-corrected chi connectivity index (χ4v) is 2.80. The molecule has 2 rings (SSSR count). The highest BCUT2D eigenvalue weighted by Gasteiger charge is 2.30. The summed E-state index contributed by atoms with van der Waals surface area (Å²) in [5.74, 6) is -0.457. The number of halogens is 1. The van der Waals surface area contributed by atoms with E-state index in [0.717, 1.165) is 0 Å². The first-order chi connectivity index (χ1) is 8.13. The number of amides is 1. The lowest BCUT2D eigenvalue weighted by atomic mass is 10.2. The number of nitrogens with two attached hydrogens (primary N) is 1. The first-order valence-corrected chi connectivity index (χ1v) is 6.22. The van der Waals surface area contributed by atoms with Gasteiger partial charge in [0.25, 0.3) is 0 Å². The van der Waals surface area contributed by atoms with Crippen LogP contribution in [0.2, 0.25) is 5.15 Å². The van der Waals surface area contributed by atoms with E-state index in [0.29, 0.717) is 23.2 Å². The van der Waals surface area contributed by atoms with Crippen molar-refractivity contribution in [2.45, 2.75) is 12.6 Å². The minimum absolute atomic E-state index is 0.165. The molecule has 1 aromatic heterocycles. The second-order valence-electron chi connectivity index (χ2n) is 3.56. The van der Waals surface area contributed by atoms with Crippen LogP contribution in [-0.4, -0.2) is 41.8 Å². The van der Waals surface area contributed by atoms with E-state index in [1.165, 1.54) is 11.3 Å². The van der Waals surface area contributed by atoms with Gasteiger partial charge in [-0.3, -0.25) is 4.79 Å². The summed E-state index contributed by atoms with van der Waals surface area (Å²) in [6.45, 7) is 1.13. The fourth-order valence-electron chi connectivity index (χ4n) is 1.61. The Bertz CT molecular complexity index is 426. The molecule has 1 atom stereocenters. The zero-order valence-electron chi connectivity index (χ0n) is 8.93. The molecule has 0 spiro atoms. The molecule has 8 heteroatoms. The molecule has 2 heterocycles. The summed E-state index contributed by atoms with van der Waals surface area (Å²) in [6.07, 6.45) is 0. The average molecular weight is 278 g/mol. The SMILES string of the molecule is NC(=O)C1COCCN1c1nc(Cl)c(CO)s1. The van der Waals surface area contributed by atoms with Crippen molar-refractivity contribution in [2.24, 2.45) is 5.73 Å². The number of carbonyl (C=O) groups is 1. The van der Waals surface area contributed by atoms with Gasteiger partial charge in [-0.15, -0.1) is 0 Å². The van der Waals surface area contributed by atoms with E-state index in [-0.39, 0.29) is 18.4 Å². The molecule has 0 aliphatic carbocycles. The second kappa shape index (κ2) is 5.18. The van der Waals surface area contributed by atoms with Crippen molar-refractivity contribution in [3.05, 3.63) is 10.0 Å². The number of morpholine rings is 1. The quantitative estimate of drug-likeness (QED) is 0.811. The first kappa shape index (κ1) is 12.6. The van der Waals surface area contributed by atoms with E-state index in [2.05, 4.69) is 4.98 Å². The van der Waals surface area contributed by atoms with Crippen LogP contribution in [0.3, 0.4) is 0 Å². The van der Waals surface area contributed by atoms with E-state index in [4.69, 9.17) is 27.2 Å². The molecule has 6 nitrogen and oxygen atoms in total. The number of ether oxygens (including phenoxy) is 1. The normalized spacial score (nSPS) is 20.6. The van der Waals surface area contributed by atoms with Gasteiger partial charge in [0.1, 0.15) is 11.2 Å². The maximum Gasteiger partial charge on any atom is 0.242 e. The summed E-state index contributed by atoms with van der Waals surface area (Å²) in [5, 5.41) is 9.91. The van der Waals surface area contributed by atoms with Gasteiger partial charge >= 0.3 is 0 Å². The third-order valence-electron chi connectivity index (χ3n) is 2.48. The van der Waals surface area contributed by atoms with E-state index < -0.39 is 11.9 Å². The molecule has 0 saturated carbocycles. The van der Waals surface area contributed by atoms with Crippen LogP contribution in [0.5, 0.6) is 0 Å². The Labute approximate surface area is 107 Å². The van der Waals surface area contributed by atoms with Crippen molar-refractivity contribution in [1.82, 2.24) is 4.98 Å². The summed E-state index contributed by atoms with van der Waals surface area (Å²) in [4.78, 5) is 17.8. The number of hydrogen-bond donors (Lipinski definition) is 2. The predicted molar refractivity (Wildman–Crippen MR) is 64.2 cm³/mol. The molecule has 1 fully saturated rings. The second-order valence-corrected chi connectivity index (χ2v) is 4.98. The summed E-state index contributed by atoms with van der Waals surface area (Å²) in [7, 11) is 0. The fraction of sp³-hybridized carbons (Fsp3) is 0.556. The average Bonchev–Trinajstić information content (AvgIpc) is 2.70. The van der Waals surface area contributed by atoms with Crippen LogP contribution in [0.15, 0.2) is 0 Å². The molecular weight excluding hydrogens is 266 g/mol. The number of anilines is 1. The van der Waals surface area contributed by atoms with Crippen LogP contribution in [0.1, 0.15) is 4.88 Å². The molecule has 1 saturated heterocycles. The number of primary amides is 1. The number of aliphatic hydroxyl groups excluding tert-OH is 1. The Balaban J connectivity index is 2.26. The van der Waals surface area contributed by atoms with Gasteiger partial charge in [-0.25, -0.2) is 4.98 Å². The number of nitrogens with zero attached hydrogens (tertiary/aromatic N) is 2. The number of thiazole rings is 1. The minimum atomic E-state index is -0.530. The van der Waals surface area contributed by atoms with Crippen LogP contribution in [0, 0.1) is 0 Å². The Hall–Kier alpha value is -0.890. The molecule has 17 heavy (non-hydrogen) atoms. The molecular formula is C9H12ClN3O3S. The molecule has 1 aromatic rings. The van der Waals surface area contributed by atoms with Gasteiger partial charge in [-0.05, 0) is 0 Å². The Morgan fingerprint density at radius 2 is 2.53 bits per heavy atom. The zero-order chi connectivity index (χ0) is 12.4. The lowest BCUT2D eigenvalue weighted by Crippen LogP contribution is -2.52. The van der Waals surface area contributed by atoms with E-state index in [1.807, 2.05) is 0 Å². The number of carbonyl (C=O) groups excluding carboxylic acids is 1. The van der Waals surface area contributed by atoms with Gasteiger partial charge in [0.2, 0.25) is 5.91 Å². The van der Waals surface area contributed by atoms with Gasteiger partial charge in [0, 0.05) is 6.54 Å². The maximum absolute atomic E-state index is 11.3. The van der Waals surface area contributed by atoms with E-state index in [1.54, 1.807) is 4.90 Å². The first-order valence-electron chi connectivity index (χ1n) is 5.03. The largest absolute Gasteiger partial charge is 0.391 e. The third kappa shape index (κ3) is 2.52. The molecule has 1 aliphatic rings. The molecule has 94 valence electrons. The zero-order valence-corrected chi connectivity index (χ0v) is 10.5. The van der Waals surface area contributed by atoms with Crippen molar-refractivity contribution < 1.29 is 14.6 Å². The molecule has 1 unspecified atom stereocenters. The van der Waals surface area contributed by atoms with Crippen LogP contribution in [-0.2, 0) is 16.1 Å². The summed E-state index contributed by atoms with van der Waals surface area (Å²) < 4.78 is 5.21. The summed E-state index contributed by atoms with van der Waals surface area (Å²) in [5.41, 5.74) is 5.31. The van der Waals surface area contributed by atoms with Crippen molar-refractivity contribution >= 4 is 34.0 Å². The Kier molecular flexibility index (Phi) is 3.82. The van der Waals surface area contributed by atoms with Crippen molar-refractivity contribution in [1.29, 1.82) is 0 Å². The Morgan fingerprint density at radius 3 is 3.12 bits per heavy atom. The molecule has 0 bridgehead atoms. The van der Waals surface area contributed by atoms with Gasteiger partial charge in [-0.1, -0.05) is 22.9 Å². The highest BCUT2D eigenvalue weighted by atomic mass is 35.5. The lowest BCUT2D eigenvalue weighted by Gasteiger charge is -2.33. The lowest BCUT2D eigenvalue weighted by molar-refractivity contribution is -0.121. The molecule has 0 radical (unpaired) electrons. The number of aliphatic hydroxyl groups is 1. The molecule has 0 aromatic carbocycles. The summed E-state index contributed by atoms with van der Waals surface area (Å²) in [6, 6.07) is -0.530. The van der Waals surface area contributed by atoms with Crippen LogP contribution in [0.25, 0.3) is 0 Å². The smallest absolute Gasteiger partial charge is 0.242 e. The molecule has 1 aliphatic heterocycles. The maximum atomic E-state index is 11.3. The molecule has 3 N–H and O–H groups in total. The number of hydrogen-bond acceptors (Lipinski definition) is 6. The van der Waals surface area contributed by atoms with Crippen LogP contribution in [0.4, 0.5) is 5.13 Å². The third-order valence-corrected chi connectivity index (χ3v) is 3.99. The van der Waals surface area contributed by atoms with Crippen molar-refractivity contribution in [2.75, 3.05) is 24.7 Å². The van der Waals surface area contributed by atoms with Crippen molar-refractivity contribution in [3.63, 3.8) is 0 Å². The van der Waals surface area contributed by atoms with E-state index in [9.17, 15) is 4.79 Å². The van der Waals surface area contributed by atoms with Crippen LogP contribution < -0.4 is 10.6 Å². The van der Waals surface area contributed by atoms with E-state index >= 15 is 0 Å². The van der Waals surface area contributed by atoms with Gasteiger partial charge < -0.3 is 20.5 Å². The number of rotatable bonds is 3. The van der Waals surface area contributed by atoms with Gasteiger partial charge in [0.05, 0.1) is 24.7 Å². The topological polar surface area (TPSA) is 88.7 Å². The number of aromatic nitrogens is 1. The Morgan fingerprint density at radius 1 is 1.76 bits per heavy atom. The summed E-state index contributed by atoms with van der Waals surface area (Å²) >= 11 is 7.11. The minimum Gasteiger partial charge on any atom is -0.391 e. The monoisotopic (exact) mass is 277 g/mol. The standard InChI is InChI=1S/C9H12ClN3O3S/c10-7-6(3-14)17-9(12-7)13-1-2-16-4-5(13)8(11)15/h5,14H,1-4H2,(H2,11,15). The predicted octanol–water partition coefficient (Wildman–Crippen LogP) is -0.0207. The van der Waals surface area contributed by atoms with Gasteiger partial charge in [0.15, 0.2) is 5.13 Å². The van der Waals surface area contributed by atoms with Crippen molar-refractivity contribution in [3.8, 4) is 0 Å². The highest BCUT2D eigenvalue weighted by molar-refractivity contribution is 7.16.